The monoisotopic (exact) mass is 280 g/mol. The number of benzene rings is 1. The van der Waals surface area contributed by atoms with Crippen LogP contribution in [0.1, 0.15) is 11.6 Å². The van der Waals surface area contributed by atoms with Crippen molar-refractivity contribution in [1.29, 1.82) is 0 Å². The maximum absolute atomic E-state index is 5.30. The van der Waals surface area contributed by atoms with Crippen LogP contribution in [0, 0.1) is 0 Å². The van der Waals surface area contributed by atoms with E-state index in [9.17, 15) is 0 Å². The van der Waals surface area contributed by atoms with Gasteiger partial charge in [0.25, 0.3) is 0 Å². The molecule has 0 radical (unpaired) electrons. The molecule has 3 aromatic rings. The molecule has 5 heteroatoms. The van der Waals surface area contributed by atoms with E-state index in [0.717, 1.165) is 11.3 Å². The predicted molar refractivity (Wildman–Crippen MR) is 80.9 cm³/mol. The topological polar surface area (TPSA) is 44.9 Å². The third-order valence-electron chi connectivity index (χ3n) is 3.19. The van der Waals surface area contributed by atoms with Crippen LogP contribution >= 0.6 is 0 Å². The van der Waals surface area contributed by atoms with Gasteiger partial charge in [0.1, 0.15) is 5.75 Å². The standard InChI is InChI=1S/C16H16N4O/c1-21-15-6-2-5-14(13-15)16(20-11-4-9-18-20)7-12-19-10-3-8-17-19/h2-13,16H,1H3/b12-7+. The SMILES string of the molecule is COc1cccc(C(/C=C/n2cccn2)n2cccn2)c1. The van der Waals surface area contributed by atoms with Crippen LogP contribution in [-0.2, 0) is 0 Å². The molecule has 1 unspecified atom stereocenters. The number of hydrogen-bond donors (Lipinski definition) is 0. The first-order valence-corrected chi connectivity index (χ1v) is 6.67. The maximum atomic E-state index is 5.30. The summed E-state index contributed by atoms with van der Waals surface area (Å²) in [7, 11) is 1.67. The van der Waals surface area contributed by atoms with Crippen molar-refractivity contribution in [1.82, 2.24) is 19.6 Å². The summed E-state index contributed by atoms with van der Waals surface area (Å²) in [4.78, 5) is 0. The minimum Gasteiger partial charge on any atom is -0.497 e. The molecule has 21 heavy (non-hydrogen) atoms. The molecule has 106 valence electrons. The van der Waals surface area contributed by atoms with E-state index >= 15 is 0 Å². The Bertz CT molecular complexity index is 702. The molecule has 2 aromatic heterocycles. The van der Waals surface area contributed by atoms with Gasteiger partial charge in [-0.05, 0) is 35.9 Å². The summed E-state index contributed by atoms with van der Waals surface area (Å²) in [5.41, 5.74) is 1.10. The lowest BCUT2D eigenvalue weighted by atomic mass is 10.1. The first-order valence-electron chi connectivity index (χ1n) is 6.67. The van der Waals surface area contributed by atoms with Gasteiger partial charge in [0.05, 0.1) is 13.2 Å². The van der Waals surface area contributed by atoms with Gasteiger partial charge in [-0.15, -0.1) is 0 Å². The zero-order valence-electron chi connectivity index (χ0n) is 11.7. The number of ether oxygens (including phenoxy) is 1. The smallest absolute Gasteiger partial charge is 0.119 e. The Morgan fingerprint density at radius 2 is 1.95 bits per heavy atom. The Balaban J connectivity index is 1.96. The number of methoxy groups -OCH3 is 1. The highest BCUT2D eigenvalue weighted by Gasteiger charge is 2.11. The van der Waals surface area contributed by atoms with Crippen LogP contribution in [0.3, 0.4) is 0 Å². The fourth-order valence-electron chi connectivity index (χ4n) is 2.16. The lowest BCUT2D eigenvalue weighted by Crippen LogP contribution is -2.09. The summed E-state index contributed by atoms with van der Waals surface area (Å²) in [5, 5.41) is 8.52. The van der Waals surface area contributed by atoms with E-state index in [1.54, 1.807) is 24.2 Å². The molecule has 2 heterocycles. The summed E-state index contributed by atoms with van der Waals surface area (Å²) >= 11 is 0. The Morgan fingerprint density at radius 3 is 2.67 bits per heavy atom. The molecule has 0 fully saturated rings. The molecule has 5 nitrogen and oxygen atoms in total. The van der Waals surface area contributed by atoms with Gasteiger partial charge >= 0.3 is 0 Å². The van der Waals surface area contributed by atoms with Crippen LogP contribution in [-0.4, -0.2) is 26.7 Å². The second kappa shape index (κ2) is 6.09. The van der Waals surface area contributed by atoms with Gasteiger partial charge < -0.3 is 4.74 Å². The second-order valence-corrected chi connectivity index (χ2v) is 4.54. The Morgan fingerprint density at radius 1 is 1.10 bits per heavy atom. The molecule has 0 amide bonds. The van der Waals surface area contributed by atoms with Crippen LogP contribution in [0.4, 0.5) is 0 Å². The Kier molecular flexibility index (Phi) is 3.82. The van der Waals surface area contributed by atoms with E-state index in [4.69, 9.17) is 4.74 Å². The minimum absolute atomic E-state index is 0.0145. The molecule has 0 saturated heterocycles. The van der Waals surface area contributed by atoms with Crippen LogP contribution in [0.15, 0.2) is 67.3 Å². The average molecular weight is 280 g/mol. The van der Waals surface area contributed by atoms with Crippen LogP contribution in [0.2, 0.25) is 0 Å². The zero-order valence-corrected chi connectivity index (χ0v) is 11.7. The normalized spacial score (nSPS) is 12.6. The summed E-state index contributed by atoms with van der Waals surface area (Å²) in [6, 6.07) is 11.8. The Hall–Kier alpha value is -2.82. The van der Waals surface area contributed by atoms with Crippen molar-refractivity contribution in [3.05, 3.63) is 72.8 Å². The number of aromatic nitrogens is 4. The van der Waals surface area contributed by atoms with E-state index in [0.29, 0.717) is 0 Å². The van der Waals surface area contributed by atoms with E-state index in [-0.39, 0.29) is 6.04 Å². The van der Waals surface area contributed by atoms with Crippen molar-refractivity contribution in [2.45, 2.75) is 6.04 Å². The van der Waals surface area contributed by atoms with Crippen molar-refractivity contribution in [2.75, 3.05) is 7.11 Å². The summed E-state index contributed by atoms with van der Waals surface area (Å²) in [6.07, 6.45) is 11.3. The second-order valence-electron chi connectivity index (χ2n) is 4.54. The highest BCUT2D eigenvalue weighted by Crippen LogP contribution is 2.23. The van der Waals surface area contributed by atoms with Crippen molar-refractivity contribution >= 4 is 6.20 Å². The zero-order chi connectivity index (χ0) is 14.5. The third kappa shape index (κ3) is 3.02. The molecule has 1 aromatic carbocycles. The molecular formula is C16H16N4O. The van der Waals surface area contributed by atoms with Gasteiger partial charge in [0.15, 0.2) is 0 Å². The fourth-order valence-corrected chi connectivity index (χ4v) is 2.16. The predicted octanol–water partition coefficient (Wildman–Crippen LogP) is 2.85. The molecule has 0 aliphatic rings. The summed E-state index contributed by atoms with van der Waals surface area (Å²) in [6.45, 7) is 0. The molecular weight excluding hydrogens is 264 g/mol. The highest BCUT2D eigenvalue weighted by atomic mass is 16.5. The van der Waals surface area contributed by atoms with Crippen LogP contribution in [0.25, 0.3) is 6.20 Å². The Labute approximate surface area is 123 Å². The number of allylic oxidation sites excluding steroid dienone is 1. The lowest BCUT2D eigenvalue weighted by Gasteiger charge is -2.15. The number of rotatable bonds is 5. The molecule has 0 saturated carbocycles. The molecule has 0 N–H and O–H groups in total. The van der Waals surface area contributed by atoms with Gasteiger partial charge in [-0.3, -0.25) is 4.68 Å². The van der Waals surface area contributed by atoms with E-state index in [2.05, 4.69) is 22.3 Å². The largest absolute Gasteiger partial charge is 0.497 e. The van der Waals surface area contributed by atoms with E-state index in [1.165, 1.54) is 0 Å². The number of nitrogens with zero attached hydrogens (tertiary/aromatic N) is 4. The molecule has 1 atom stereocenters. The molecule has 0 spiro atoms. The van der Waals surface area contributed by atoms with Crippen molar-refractivity contribution in [3.63, 3.8) is 0 Å². The quantitative estimate of drug-likeness (QED) is 0.722. The van der Waals surface area contributed by atoms with E-state index in [1.807, 2.05) is 53.6 Å². The van der Waals surface area contributed by atoms with Crippen molar-refractivity contribution < 1.29 is 4.74 Å². The lowest BCUT2D eigenvalue weighted by molar-refractivity contribution is 0.413. The first-order chi connectivity index (χ1) is 10.4. The first kappa shape index (κ1) is 13.2. The van der Waals surface area contributed by atoms with Crippen molar-refractivity contribution in [2.24, 2.45) is 0 Å². The van der Waals surface area contributed by atoms with Crippen LogP contribution < -0.4 is 4.74 Å². The maximum Gasteiger partial charge on any atom is 0.119 e. The number of hydrogen-bond acceptors (Lipinski definition) is 3. The molecule has 3 rings (SSSR count). The van der Waals surface area contributed by atoms with Gasteiger partial charge in [0.2, 0.25) is 0 Å². The average Bonchev–Trinajstić information content (AvgIpc) is 3.21. The summed E-state index contributed by atoms with van der Waals surface area (Å²) < 4.78 is 8.96. The molecule has 0 aliphatic carbocycles. The highest BCUT2D eigenvalue weighted by molar-refractivity contribution is 5.36. The molecule has 0 aliphatic heterocycles. The van der Waals surface area contributed by atoms with Gasteiger partial charge in [-0.25, -0.2) is 4.68 Å². The van der Waals surface area contributed by atoms with Crippen LogP contribution in [0.5, 0.6) is 5.75 Å². The van der Waals surface area contributed by atoms with Gasteiger partial charge in [-0.2, -0.15) is 10.2 Å². The van der Waals surface area contributed by atoms with Gasteiger partial charge in [0, 0.05) is 31.0 Å². The van der Waals surface area contributed by atoms with Gasteiger partial charge in [-0.1, -0.05) is 12.1 Å². The fraction of sp³-hybridized carbons (Fsp3) is 0.125. The molecule has 0 bridgehead atoms. The summed E-state index contributed by atoms with van der Waals surface area (Å²) in [5.74, 6) is 0.831. The third-order valence-corrected chi connectivity index (χ3v) is 3.19. The van der Waals surface area contributed by atoms with E-state index < -0.39 is 0 Å². The van der Waals surface area contributed by atoms with Crippen molar-refractivity contribution in [3.8, 4) is 5.75 Å². The minimum atomic E-state index is -0.0145.